The SMILES string of the molecule is CCc1c(C)c(C(C)(C)C)c(C)c2ccn(C)c12. The normalized spacial score (nSPS) is 12.4. The number of aromatic nitrogens is 1. The van der Waals surface area contributed by atoms with Crippen molar-refractivity contribution in [3.05, 3.63) is 34.5 Å². The zero-order chi connectivity index (χ0) is 13.7. The maximum absolute atomic E-state index is 2.32. The van der Waals surface area contributed by atoms with Gasteiger partial charge < -0.3 is 4.57 Å². The first-order chi connectivity index (χ1) is 8.29. The fraction of sp³-hybridized carbons (Fsp3) is 0.529. The molecule has 1 heteroatoms. The molecule has 2 rings (SSSR count). The molecule has 18 heavy (non-hydrogen) atoms. The lowest BCUT2D eigenvalue weighted by molar-refractivity contribution is 0.582. The largest absolute Gasteiger partial charge is 0.350 e. The van der Waals surface area contributed by atoms with Crippen molar-refractivity contribution < 1.29 is 0 Å². The number of benzene rings is 1. The van der Waals surface area contributed by atoms with Crippen LogP contribution in [0.25, 0.3) is 10.9 Å². The average molecular weight is 243 g/mol. The molecule has 0 N–H and O–H groups in total. The zero-order valence-corrected chi connectivity index (χ0v) is 12.8. The van der Waals surface area contributed by atoms with Gasteiger partial charge in [0, 0.05) is 18.6 Å². The maximum Gasteiger partial charge on any atom is 0.0515 e. The number of hydrogen-bond donors (Lipinski definition) is 0. The van der Waals surface area contributed by atoms with Crippen LogP contribution in [-0.2, 0) is 18.9 Å². The van der Waals surface area contributed by atoms with Gasteiger partial charge in [-0.3, -0.25) is 0 Å². The Morgan fingerprint density at radius 1 is 1.11 bits per heavy atom. The molecule has 0 unspecified atom stereocenters. The van der Waals surface area contributed by atoms with Gasteiger partial charge in [-0.2, -0.15) is 0 Å². The summed E-state index contributed by atoms with van der Waals surface area (Å²) in [6.07, 6.45) is 3.28. The van der Waals surface area contributed by atoms with Crippen LogP contribution in [0.1, 0.15) is 49.9 Å². The van der Waals surface area contributed by atoms with Crippen LogP contribution in [0.4, 0.5) is 0 Å². The highest BCUT2D eigenvalue weighted by Gasteiger charge is 2.23. The van der Waals surface area contributed by atoms with Gasteiger partial charge in [0.1, 0.15) is 0 Å². The molecule has 0 spiro atoms. The molecule has 0 aliphatic heterocycles. The summed E-state index contributed by atoms with van der Waals surface area (Å²) in [5.41, 5.74) is 7.60. The monoisotopic (exact) mass is 243 g/mol. The van der Waals surface area contributed by atoms with Gasteiger partial charge in [0.05, 0.1) is 5.52 Å². The van der Waals surface area contributed by atoms with E-state index in [-0.39, 0.29) is 5.41 Å². The zero-order valence-electron chi connectivity index (χ0n) is 12.8. The molecule has 1 aromatic carbocycles. The number of fused-ring (bicyclic) bond motifs is 1. The molecule has 0 radical (unpaired) electrons. The van der Waals surface area contributed by atoms with Crippen molar-refractivity contribution >= 4 is 10.9 Å². The third-order valence-corrected chi connectivity index (χ3v) is 4.07. The van der Waals surface area contributed by atoms with E-state index in [1.54, 1.807) is 0 Å². The molecule has 0 atom stereocenters. The predicted molar refractivity (Wildman–Crippen MR) is 80.5 cm³/mol. The Hall–Kier alpha value is -1.24. The molecule has 0 amide bonds. The van der Waals surface area contributed by atoms with Gasteiger partial charge in [-0.1, -0.05) is 27.7 Å². The standard InChI is InChI=1S/C17H25N/c1-8-13-11(2)15(17(4,5)6)12(3)14-9-10-18(7)16(13)14/h9-10H,8H2,1-7H3. The maximum atomic E-state index is 2.32. The molecule has 0 saturated heterocycles. The molecule has 0 aliphatic rings. The summed E-state index contributed by atoms with van der Waals surface area (Å²) >= 11 is 0. The van der Waals surface area contributed by atoms with Crippen molar-refractivity contribution in [2.45, 2.75) is 53.4 Å². The average Bonchev–Trinajstić information content (AvgIpc) is 2.60. The number of hydrogen-bond acceptors (Lipinski definition) is 0. The first-order valence-electron chi connectivity index (χ1n) is 6.86. The highest BCUT2D eigenvalue weighted by molar-refractivity contribution is 5.89. The van der Waals surface area contributed by atoms with Gasteiger partial charge in [0.15, 0.2) is 0 Å². The van der Waals surface area contributed by atoms with E-state index in [0.29, 0.717) is 0 Å². The van der Waals surface area contributed by atoms with Crippen LogP contribution >= 0.6 is 0 Å². The molecule has 0 fully saturated rings. The minimum absolute atomic E-state index is 0.210. The second kappa shape index (κ2) is 4.15. The molecular weight excluding hydrogens is 218 g/mol. The lowest BCUT2D eigenvalue weighted by Crippen LogP contribution is -2.17. The Morgan fingerprint density at radius 3 is 2.22 bits per heavy atom. The van der Waals surface area contributed by atoms with Crippen molar-refractivity contribution in [3.63, 3.8) is 0 Å². The fourth-order valence-electron chi connectivity index (χ4n) is 3.51. The van der Waals surface area contributed by atoms with Gasteiger partial charge in [-0.15, -0.1) is 0 Å². The number of aryl methyl sites for hydroxylation is 3. The molecule has 1 heterocycles. The summed E-state index contributed by atoms with van der Waals surface area (Å²) in [6, 6.07) is 2.26. The predicted octanol–water partition coefficient (Wildman–Crippen LogP) is 4.66. The lowest BCUT2D eigenvalue weighted by Gasteiger charge is -2.27. The molecule has 0 saturated carbocycles. The highest BCUT2D eigenvalue weighted by Crippen LogP contribution is 2.37. The Labute approximate surface area is 111 Å². The smallest absolute Gasteiger partial charge is 0.0515 e. The molecule has 98 valence electrons. The number of nitrogens with zero attached hydrogens (tertiary/aromatic N) is 1. The Balaban J connectivity index is 2.99. The van der Waals surface area contributed by atoms with Gasteiger partial charge in [0.2, 0.25) is 0 Å². The molecule has 1 aromatic heterocycles. The van der Waals surface area contributed by atoms with Crippen molar-refractivity contribution in [2.24, 2.45) is 7.05 Å². The van der Waals surface area contributed by atoms with Crippen LogP contribution in [0.3, 0.4) is 0 Å². The Morgan fingerprint density at radius 2 is 1.72 bits per heavy atom. The Bertz CT molecular complexity index is 594. The summed E-state index contributed by atoms with van der Waals surface area (Å²) in [4.78, 5) is 0. The van der Waals surface area contributed by atoms with Crippen LogP contribution in [0.15, 0.2) is 12.3 Å². The van der Waals surface area contributed by atoms with E-state index in [1.807, 2.05) is 0 Å². The van der Waals surface area contributed by atoms with Crippen molar-refractivity contribution in [1.82, 2.24) is 4.57 Å². The van der Waals surface area contributed by atoms with E-state index in [1.165, 1.54) is 33.2 Å². The van der Waals surface area contributed by atoms with Crippen LogP contribution in [0.5, 0.6) is 0 Å². The summed E-state index contributed by atoms with van der Waals surface area (Å²) in [7, 11) is 2.15. The van der Waals surface area contributed by atoms with Crippen molar-refractivity contribution in [3.8, 4) is 0 Å². The summed E-state index contributed by atoms with van der Waals surface area (Å²) in [6.45, 7) is 13.8. The minimum Gasteiger partial charge on any atom is -0.350 e. The van der Waals surface area contributed by atoms with Crippen LogP contribution in [-0.4, -0.2) is 4.57 Å². The van der Waals surface area contributed by atoms with Crippen LogP contribution in [0.2, 0.25) is 0 Å². The van der Waals surface area contributed by atoms with Gasteiger partial charge in [0.25, 0.3) is 0 Å². The van der Waals surface area contributed by atoms with E-state index in [9.17, 15) is 0 Å². The lowest BCUT2D eigenvalue weighted by atomic mass is 9.78. The van der Waals surface area contributed by atoms with Gasteiger partial charge in [-0.05, 0) is 54.0 Å². The minimum atomic E-state index is 0.210. The first kappa shape index (κ1) is 13.2. The fourth-order valence-corrected chi connectivity index (χ4v) is 3.51. The molecule has 0 aliphatic carbocycles. The molecule has 2 aromatic rings. The highest BCUT2D eigenvalue weighted by atomic mass is 14.9. The van der Waals surface area contributed by atoms with E-state index in [4.69, 9.17) is 0 Å². The summed E-state index contributed by atoms with van der Waals surface area (Å²) < 4.78 is 2.26. The van der Waals surface area contributed by atoms with E-state index in [0.717, 1.165) is 6.42 Å². The van der Waals surface area contributed by atoms with E-state index in [2.05, 4.69) is 65.4 Å². The van der Waals surface area contributed by atoms with E-state index < -0.39 is 0 Å². The summed E-state index contributed by atoms with van der Waals surface area (Å²) in [5, 5.41) is 1.42. The molecule has 0 bridgehead atoms. The topological polar surface area (TPSA) is 4.93 Å². The first-order valence-corrected chi connectivity index (χ1v) is 6.86. The van der Waals surface area contributed by atoms with Gasteiger partial charge in [-0.25, -0.2) is 0 Å². The second-order valence-corrected chi connectivity index (χ2v) is 6.40. The van der Waals surface area contributed by atoms with Crippen LogP contribution in [0, 0.1) is 13.8 Å². The van der Waals surface area contributed by atoms with Gasteiger partial charge >= 0.3 is 0 Å². The van der Waals surface area contributed by atoms with E-state index >= 15 is 0 Å². The summed E-state index contributed by atoms with van der Waals surface area (Å²) in [5.74, 6) is 0. The van der Waals surface area contributed by atoms with Crippen LogP contribution < -0.4 is 0 Å². The second-order valence-electron chi connectivity index (χ2n) is 6.40. The Kier molecular flexibility index (Phi) is 3.04. The third-order valence-electron chi connectivity index (χ3n) is 4.07. The third kappa shape index (κ3) is 1.77. The quantitative estimate of drug-likeness (QED) is 0.687. The van der Waals surface area contributed by atoms with Crippen molar-refractivity contribution in [2.75, 3.05) is 0 Å². The molecule has 1 nitrogen and oxygen atoms in total. The molecular formula is C17H25N. The number of rotatable bonds is 1. The van der Waals surface area contributed by atoms with Crippen molar-refractivity contribution in [1.29, 1.82) is 0 Å².